The van der Waals surface area contributed by atoms with Crippen LogP contribution in [0.3, 0.4) is 0 Å². The lowest BCUT2D eigenvalue weighted by molar-refractivity contribution is -0.120. The normalized spacial score (nSPS) is 11.0. The molecule has 0 aliphatic carbocycles. The lowest BCUT2D eigenvalue weighted by atomic mass is 10.2. The first-order valence-electron chi connectivity index (χ1n) is 9.61. The third kappa shape index (κ3) is 4.49. The summed E-state index contributed by atoms with van der Waals surface area (Å²) in [6, 6.07) is 12.4. The van der Waals surface area contributed by atoms with E-state index in [0.29, 0.717) is 35.1 Å². The highest BCUT2D eigenvalue weighted by Crippen LogP contribution is 2.30. The van der Waals surface area contributed by atoms with Crippen molar-refractivity contribution in [3.8, 4) is 5.75 Å². The number of carbonyl (C=O) groups is 1. The van der Waals surface area contributed by atoms with Crippen LogP contribution in [0.15, 0.2) is 61.2 Å². The molecule has 0 unspecified atom stereocenters. The van der Waals surface area contributed by atoms with Crippen LogP contribution in [0.5, 0.6) is 5.75 Å². The van der Waals surface area contributed by atoms with Gasteiger partial charge in [0.2, 0.25) is 0 Å². The van der Waals surface area contributed by atoms with Gasteiger partial charge in [-0.1, -0.05) is 35.6 Å². The number of amides is 1. The Labute approximate surface area is 177 Å². The van der Waals surface area contributed by atoms with E-state index in [1.165, 1.54) is 17.4 Å². The number of nitrogens with zero attached hydrogens (tertiary/aromatic N) is 4. The SMILES string of the molecule is Cc1ccccc1OCC(=O)N(CCCn1ccnc1)c1nc2c(F)cccc2s1. The van der Waals surface area contributed by atoms with Gasteiger partial charge in [-0.2, -0.15) is 0 Å². The Morgan fingerprint density at radius 2 is 2.10 bits per heavy atom. The summed E-state index contributed by atoms with van der Waals surface area (Å²) >= 11 is 1.30. The number of halogens is 1. The smallest absolute Gasteiger partial charge is 0.266 e. The summed E-state index contributed by atoms with van der Waals surface area (Å²) in [5.41, 5.74) is 1.24. The van der Waals surface area contributed by atoms with E-state index in [1.54, 1.807) is 29.6 Å². The van der Waals surface area contributed by atoms with Gasteiger partial charge in [-0.25, -0.2) is 14.4 Å². The average Bonchev–Trinajstić information content (AvgIpc) is 3.41. The summed E-state index contributed by atoms with van der Waals surface area (Å²) < 4.78 is 22.5. The Kier molecular flexibility index (Phi) is 6.04. The predicted molar refractivity (Wildman–Crippen MR) is 115 cm³/mol. The zero-order valence-electron chi connectivity index (χ0n) is 16.5. The van der Waals surface area contributed by atoms with E-state index in [0.717, 1.165) is 5.56 Å². The van der Waals surface area contributed by atoms with Crippen LogP contribution in [-0.2, 0) is 11.3 Å². The molecule has 154 valence electrons. The molecule has 6 nitrogen and oxygen atoms in total. The second-order valence-electron chi connectivity index (χ2n) is 6.84. The molecule has 4 rings (SSSR count). The minimum atomic E-state index is -0.392. The van der Waals surface area contributed by atoms with Gasteiger partial charge in [0, 0.05) is 25.5 Å². The van der Waals surface area contributed by atoms with Gasteiger partial charge in [0.1, 0.15) is 17.1 Å². The van der Waals surface area contributed by atoms with Crippen LogP contribution in [0, 0.1) is 12.7 Å². The van der Waals surface area contributed by atoms with Crippen molar-refractivity contribution in [2.24, 2.45) is 0 Å². The highest BCUT2D eigenvalue weighted by molar-refractivity contribution is 7.22. The maximum absolute atomic E-state index is 14.1. The van der Waals surface area contributed by atoms with E-state index < -0.39 is 5.82 Å². The number of ether oxygens (including phenoxy) is 1. The zero-order chi connectivity index (χ0) is 20.9. The van der Waals surface area contributed by atoms with Crippen LogP contribution >= 0.6 is 11.3 Å². The fraction of sp³-hybridized carbons (Fsp3) is 0.227. The number of thiazole rings is 1. The highest BCUT2D eigenvalue weighted by atomic mass is 32.1. The van der Waals surface area contributed by atoms with E-state index in [4.69, 9.17) is 4.74 Å². The molecule has 0 fully saturated rings. The molecule has 2 aromatic heterocycles. The van der Waals surface area contributed by atoms with E-state index in [-0.39, 0.29) is 18.0 Å². The standard InChI is InChI=1S/C22H21FN4O2S/c1-16-6-2-3-8-18(16)29-14-20(28)27(12-5-11-26-13-10-24-15-26)22-25-21-17(23)7-4-9-19(21)30-22/h2-4,6-10,13,15H,5,11-12,14H2,1H3. The molecule has 0 N–H and O–H groups in total. The van der Waals surface area contributed by atoms with Crippen molar-refractivity contribution in [3.63, 3.8) is 0 Å². The van der Waals surface area contributed by atoms with Crippen LogP contribution in [0.4, 0.5) is 9.52 Å². The van der Waals surface area contributed by atoms with Crippen molar-refractivity contribution in [1.29, 1.82) is 0 Å². The molecular weight excluding hydrogens is 403 g/mol. The molecule has 0 atom stereocenters. The number of hydrogen-bond acceptors (Lipinski definition) is 5. The minimum Gasteiger partial charge on any atom is -0.483 e. The number of aryl methyl sites for hydroxylation is 2. The summed E-state index contributed by atoms with van der Waals surface area (Å²) in [6.45, 7) is 2.96. The number of aromatic nitrogens is 3. The van der Waals surface area contributed by atoms with Gasteiger partial charge in [-0.15, -0.1) is 0 Å². The van der Waals surface area contributed by atoms with Gasteiger partial charge in [-0.05, 0) is 37.1 Å². The van der Waals surface area contributed by atoms with Crippen LogP contribution in [0.1, 0.15) is 12.0 Å². The van der Waals surface area contributed by atoms with Gasteiger partial charge in [0.05, 0.1) is 11.0 Å². The van der Waals surface area contributed by atoms with Crippen molar-refractivity contribution in [2.45, 2.75) is 19.9 Å². The van der Waals surface area contributed by atoms with Crippen LogP contribution < -0.4 is 9.64 Å². The summed E-state index contributed by atoms with van der Waals surface area (Å²) in [7, 11) is 0. The number of imidazole rings is 1. The Bertz CT molecular complexity index is 1140. The second-order valence-corrected chi connectivity index (χ2v) is 7.85. The largest absolute Gasteiger partial charge is 0.483 e. The van der Waals surface area contributed by atoms with Crippen LogP contribution in [-0.4, -0.2) is 33.6 Å². The third-order valence-electron chi connectivity index (χ3n) is 4.69. The number of benzene rings is 2. The number of hydrogen-bond donors (Lipinski definition) is 0. The maximum atomic E-state index is 14.1. The molecule has 2 aromatic carbocycles. The van der Waals surface area contributed by atoms with Gasteiger partial charge in [0.25, 0.3) is 5.91 Å². The molecule has 2 heterocycles. The molecule has 0 radical (unpaired) electrons. The fourth-order valence-corrected chi connectivity index (χ4v) is 4.14. The number of rotatable bonds is 8. The second kappa shape index (κ2) is 9.04. The highest BCUT2D eigenvalue weighted by Gasteiger charge is 2.21. The fourth-order valence-electron chi connectivity index (χ4n) is 3.11. The molecule has 1 amide bonds. The van der Waals surface area contributed by atoms with Crippen molar-refractivity contribution in [1.82, 2.24) is 14.5 Å². The lowest BCUT2D eigenvalue weighted by Crippen LogP contribution is -2.36. The number of para-hydroxylation sites is 2. The molecule has 0 spiro atoms. The first kappa shape index (κ1) is 20.0. The summed E-state index contributed by atoms with van der Waals surface area (Å²) in [4.78, 5) is 23.0. The zero-order valence-corrected chi connectivity index (χ0v) is 17.3. The van der Waals surface area contributed by atoms with Crippen LogP contribution in [0.2, 0.25) is 0 Å². The molecule has 4 aromatic rings. The molecule has 8 heteroatoms. The van der Waals surface area contributed by atoms with Crippen molar-refractivity contribution in [2.75, 3.05) is 18.1 Å². The molecule has 0 saturated heterocycles. The summed E-state index contributed by atoms with van der Waals surface area (Å²) in [5.74, 6) is 0.0554. The van der Waals surface area contributed by atoms with E-state index in [9.17, 15) is 9.18 Å². The Balaban J connectivity index is 1.53. The van der Waals surface area contributed by atoms with E-state index in [1.807, 2.05) is 42.0 Å². The molecule has 0 bridgehead atoms. The number of fused-ring (bicyclic) bond motifs is 1. The Hall–Kier alpha value is -3.26. The molecule has 0 saturated carbocycles. The first-order chi connectivity index (χ1) is 14.6. The Morgan fingerprint density at radius 3 is 2.87 bits per heavy atom. The van der Waals surface area contributed by atoms with E-state index >= 15 is 0 Å². The topological polar surface area (TPSA) is 60.2 Å². The van der Waals surface area contributed by atoms with Gasteiger partial charge < -0.3 is 9.30 Å². The molecule has 0 aliphatic rings. The monoisotopic (exact) mass is 424 g/mol. The van der Waals surface area contributed by atoms with E-state index in [2.05, 4.69) is 9.97 Å². The third-order valence-corrected chi connectivity index (χ3v) is 5.74. The van der Waals surface area contributed by atoms with Gasteiger partial charge >= 0.3 is 0 Å². The number of anilines is 1. The minimum absolute atomic E-state index is 0.117. The first-order valence-corrected chi connectivity index (χ1v) is 10.4. The number of carbonyl (C=O) groups excluding carboxylic acids is 1. The molecule has 30 heavy (non-hydrogen) atoms. The summed E-state index contributed by atoms with van der Waals surface area (Å²) in [6.07, 6.45) is 6.03. The van der Waals surface area contributed by atoms with Gasteiger partial charge in [0.15, 0.2) is 11.7 Å². The van der Waals surface area contributed by atoms with Gasteiger partial charge in [-0.3, -0.25) is 9.69 Å². The predicted octanol–water partition coefficient (Wildman–Crippen LogP) is 4.44. The quantitative estimate of drug-likeness (QED) is 0.420. The van der Waals surface area contributed by atoms with Crippen molar-refractivity contribution >= 4 is 32.6 Å². The molecular formula is C22H21FN4O2S. The maximum Gasteiger partial charge on any atom is 0.266 e. The lowest BCUT2D eigenvalue weighted by Gasteiger charge is -2.20. The summed E-state index contributed by atoms with van der Waals surface area (Å²) in [5, 5.41) is 0.471. The van der Waals surface area contributed by atoms with Crippen molar-refractivity contribution < 1.29 is 13.9 Å². The Morgan fingerprint density at radius 1 is 1.23 bits per heavy atom. The van der Waals surface area contributed by atoms with Crippen LogP contribution in [0.25, 0.3) is 10.2 Å². The molecule has 0 aliphatic heterocycles. The average molecular weight is 425 g/mol. The van der Waals surface area contributed by atoms with Crippen molar-refractivity contribution in [3.05, 3.63) is 72.6 Å².